The predicted molar refractivity (Wildman–Crippen MR) is 106 cm³/mol. The molecular formula is C19H24ClN3O2S. The standard InChI is InChI=1S/C19H24ClN3O2S/c1-14-13-26-19(25)23(14)11-8-18(24)21-17-6-9-22(10-7-17)12-15-2-4-16(20)5-3-15/h2-5,13,17H,6-12H2,1H3,(H,21,24). The Kier molecular flexibility index (Phi) is 6.51. The smallest absolute Gasteiger partial charge is 0.307 e. The lowest BCUT2D eigenvalue weighted by Gasteiger charge is -2.32. The zero-order valence-corrected chi connectivity index (χ0v) is 16.5. The molecular weight excluding hydrogens is 370 g/mol. The number of hydrogen-bond acceptors (Lipinski definition) is 4. The second kappa shape index (κ2) is 8.84. The number of nitrogens with zero attached hydrogens (tertiary/aromatic N) is 2. The van der Waals surface area contributed by atoms with Crippen molar-refractivity contribution in [3.05, 3.63) is 55.6 Å². The lowest BCUT2D eigenvalue weighted by molar-refractivity contribution is -0.122. The number of hydrogen-bond donors (Lipinski definition) is 1. The van der Waals surface area contributed by atoms with Crippen LogP contribution in [0.5, 0.6) is 0 Å². The van der Waals surface area contributed by atoms with Gasteiger partial charge in [-0.15, -0.1) is 0 Å². The summed E-state index contributed by atoms with van der Waals surface area (Å²) in [5.41, 5.74) is 2.18. The van der Waals surface area contributed by atoms with Crippen molar-refractivity contribution in [1.82, 2.24) is 14.8 Å². The first-order valence-electron chi connectivity index (χ1n) is 8.92. The van der Waals surface area contributed by atoms with Gasteiger partial charge in [0.15, 0.2) is 0 Å². The SMILES string of the molecule is Cc1csc(=O)n1CCC(=O)NC1CCN(Cc2ccc(Cl)cc2)CC1. The number of carbonyl (C=O) groups is 1. The maximum atomic E-state index is 12.2. The first-order chi connectivity index (χ1) is 12.5. The monoisotopic (exact) mass is 393 g/mol. The molecule has 0 radical (unpaired) electrons. The number of amides is 1. The van der Waals surface area contributed by atoms with E-state index < -0.39 is 0 Å². The summed E-state index contributed by atoms with van der Waals surface area (Å²) < 4.78 is 1.67. The highest BCUT2D eigenvalue weighted by Crippen LogP contribution is 2.16. The Labute approximate surface area is 162 Å². The number of aromatic nitrogens is 1. The number of halogens is 1. The van der Waals surface area contributed by atoms with Crippen LogP contribution >= 0.6 is 22.9 Å². The van der Waals surface area contributed by atoms with Crippen molar-refractivity contribution in [2.45, 2.75) is 45.3 Å². The van der Waals surface area contributed by atoms with E-state index in [-0.39, 0.29) is 16.8 Å². The van der Waals surface area contributed by atoms with Crippen molar-refractivity contribution in [3.63, 3.8) is 0 Å². The average molecular weight is 394 g/mol. The lowest BCUT2D eigenvalue weighted by atomic mass is 10.0. The third kappa shape index (κ3) is 5.19. The third-order valence-corrected chi connectivity index (χ3v) is 5.94. The van der Waals surface area contributed by atoms with Gasteiger partial charge in [-0.05, 0) is 37.5 Å². The maximum Gasteiger partial charge on any atom is 0.307 e. The van der Waals surface area contributed by atoms with Gasteiger partial charge in [0.05, 0.1) is 0 Å². The molecule has 0 bridgehead atoms. The van der Waals surface area contributed by atoms with Gasteiger partial charge in [-0.2, -0.15) is 0 Å². The Hall–Kier alpha value is -1.63. The molecule has 0 unspecified atom stereocenters. The predicted octanol–water partition coefficient (Wildman–Crippen LogP) is 3.04. The van der Waals surface area contributed by atoms with Crippen LogP contribution in [-0.4, -0.2) is 34.5 Å². The first-order valence-corrected chi connectivity index (χ1v) is 10.2. The molecule has 1 aromatic carbocycles. The highest BCUT2D eigenvalue weighted by atomic mass is 35.5. The molecule has 1 aliphatic rings. The lowest BCUT2D eigenvalue weighted by Crippen LogP contribution is -2.44. The number of piperidine rings is 1. The van der Waals surface area contributed by atoms with Crippen LogP contribution in [-0.2, 0) is 17.9 Å². The number of thiazole rings is 1. The molecule has 140 valence electrons. The van der Waals surface area contributed by atoms with E-state index in [4.69, 9.17) is 11.6 Å². The average Bonchev–Trinajstić information content (AvgIpc) is 2.95. The quantitative estimate of drug-likeness (QED) is 0.820. The second-order valence-electron chi connectivity index (χ2n) is 6.79. The molecule has 7 heteroatoms. The highest BCUT2D eigenvalue weighted by Gasteiger charge is 2.20. The van der Waals surface area contributed by atoms with E-state index in [9.17, 15) is 9.59 Å². The van der Waals surface area contributed by atoms with Crippen molar-refractivity contribution >= 4 is 28.8 Å². The highest BCUT2D eigenvalue weighted by molar-refractivity contribution is 7.07. The van der Waals surface area contributed by atoms with E-state index in [2.05, 4.69) is 22.3 Å². The second-order valence-corrected chi connectivity index (χ2v) is 8.05. The van der Waals surface area contributed by atoms with Crippen LogP contribution in [0.25, 0.3) is 0 Å². The minimum absolute atomic E-state index is 0.00538. The Morgan fingerprint density at radius 3 is 2.58 bits per heavy atom. The van der Waals surface area contributed by atoms with Crippen molar-refractivity contribution in [2.75, 3.05) is 13.1 Å². The molecule has 1 aromatic heterocycles. The van der Waals surface area contributed by atoms with Gasteiger partial charge in [-0.1, -0.05) is 35.1 Å². The molecule has 1 amide bonds. The Morgan fingerprint density at radius 2 is 1.96 bits per heavy atom. The first kappa shape index (κ1) is 19.1. The van der Waals surface area contributed by atoms with Gasteiger partial charge in [-0.25, -0.2) is 0 Å². The van der Waals surface area contributed by atoms with Gasteiger partial charge in [-0.3, -0.25) is 14.5 Å². The minimum atomic E-state index is 0.00538. The van der Waals surface area contributed by atoms with Crippen molar-refractivity contribution in [2.24, 2.45) is 0 Å². The summed E-state index contributed by atoms with van der Waals surface area (Å²) in [7, 11) is 0. The van der Waals surface area contributed by atoms with Crippen LogP contribution in [0, 0.1) is 6.92 Å². The zero-order valence-electron chi connectivity index (χ0n) is 14.9. The van der Waals surface area contributed by atoms with Gasteiger partial charge in [0.2, 0.25) is 5.91 Å². The number of likely N-dealkylation sites (tertiary alicyclic amines) is 1. The molecule has 0 saturated carbocycles. The van der Waals surface area contributed by atoms with Crippen molar-refractivity contribution < 1.29 is 4.79 Å². The number of aryl methyl sites for hydroxylation is 1. The third-order valence-electron chi connectivity index (χ3n) is 4.81. The van der Waals surface area contributed by atoms with E-state index in [0.29, 0.717) is 13.0 Å². The molecule has 1 saturated heterocycles. The Bertz CT molecular complexity index is 792. The van der Waals surface area contributed by atoms with Crippen molar-refractivity contribution in [1.29, 1.82) is 0 Å². The molecule has 5 nitrogen and oxygen atoms in total. The van der Waals surface area contributed by atoms with E-state index in [1.807, 2.05) is 24.4 Å². The minimum Gasteiger partial charge on any atom is -0.353 e. The molecule has 1 N–H and O–H groups in total. The maximum absolute atomic E-state index is 12.2. The fourth-order valence-electron chi connectivity index (χ4n) is 3.27. The fraction of sp³-hybridized carbons (Fsp3) is 0.474. The summed E-state index contributed by atoms with van der Waals surface area (Å²) in [6, 6.07) is 8.19. The molecule has 1 aliphatic heterocycles. The number of nitrogens with one attached hydrogen (secondary N) is 1. The summed E-state index contributed by atoms with van der Waals surface area (Å²) >= 11 is 7.11. The van der Waals surface area contributed by atoms with Gasteiger partial charge in [0, 0.05) is 54.7 Å². The largest absolute Gasteiger partial charge is 0.353 e. The molecule has 2 heterocycles. The fourth-order valence-corrected chi connectivity index (χ4v) is 4.16. The molecule has 26 heavy (non-hydrogen) atoms. The van der Waals surface area contributed by atoms with Gasteiger partial charge in [0.1, 0.15) is 0 Å². The molecule has 0 aliphatic carbocycles. The molecule has 0 atom stereocenters. The van der Waals surface area contributed by atoms with Gasteiger partial charge >= 0.3 is 4.87 Å². The van der Waals surface area contributed by atoms with Gasteiger partial charge < -0.3 is 9.88 Å². The normalized spacial score (nSPS) is 15.9. The van der Waals surface area contributed by atoms with Crippen LogP contribution in [0.3, 0.4) is 0 Å². The molecule has 2 aromatic rings. The molecule has 0 spiro atoms. The topological polar surface area (TPSA) is 54.3 Å². The Balaban J connectivity index is 1.40. The van der Waals surface area contributed by atoms with Crippen LogP contribution in [0.15, 0.2) is 34.4 Å². The molecule has 1 fully saturated rings. The van der Waals surface area contributed by atoms with E-state index >= 15 is 0 Å². The summed E-state index contributed by atoms with van der Waals surface area (Å²) in [5.74, 6) is 0.0265. The zero-order chi connectivity index (χ0) is 18.5. The van der Waals surface area contributed by atoms with Crippen LogP contribution in [0.4, 0.5) is 0 Å². The summed E-state index contributed by atoms with van der Waals surface area (Å²) in [6.45, 7) is 5.20. The van der Waals surface area contributed by atoms with E-state index in [1.165, 1.54) is 16.9 Å². The van der Waals surface area contributed by atoms with E-state index in [1.54, 1.807) is 4.57 Å². The van der Waals surface area contributed by atoms with E-state index in [0.717, 1.165) is 43.2 Å². The van der Waals surface area contributed by atoms with Crippen LogP contribution in [0.2, 0.25) is 5.02 Å². The Morgan fingerprint density at radius 1 is 1.27 bits per heavy atom. The summed E-state index contributed by atoms with van der Waals surface area (Å²) in [5, 5.41) is 5.71. The number of carbonyl (C=O) groups excluding carboxylic acids is 1. The van der Waals surface area contributed by atoms with Crippen molar-refractivity contribution in [3.8, 4) is 0 Å². The number of rotatable bonds is 6. The molecule has 3 rings (SSSR count). The van der Waals surface area contributed by atoms with Crippen LogP contribution in [0.1, 0.15) is 30.5 Å². The summed E-state index contributed by atoms with van der Waals surface area (Å²) in [4.78, 5) is 26.3. The van der Waals surface area contributed by atoms with Crippen LogP contribution < -0.4 is 10.2 Å². The number of benzene rings is 1. The summed E-state index contributed by atoms with van der Waals surface area (Å²) in [6.07, 6.45) is 2.26. The van der Waals surface area contributed by atoms with Gasteiger partial charge in [0.25, 0.3) is 0 Å².